The SMILES string of the molecule is C/C=C/C=C/C(=O)OOC(=O)/C=C/C=C/C.[CaH2]. The van der Waals surface area contributed by atoms with Crippen molar-refractivity contribution in [1.29, 1.82) is 0 Å². The molecular weight excluding hydrogens is 248 g/mol. The summed E-state index contributed by atoms with van der Waals surface area (Å²) >= 11 is 0. The summed E-state index contributed by atoms with van der Waals surface area (Å²) in [6.07, 6.45) is 12.0. The molecule has 0 N–H and O–H groups in total. The first kappa shape index (κ1) is 18.5. The van der Waals surface area contributed by atoms with E-state index in [1.807, 2.05) is 13.8 Å². The predicted molar refractivity (Wildman–Crippen MR) is 68.6 cm³/mol. The van der Waals surface area contributed by atoms with Crippen LogP contribution in [0.4, 0.5) is 0 Å². The fourth-order valence-electron chi connectivity index (χ4n) is 0.628. The fourth-order valence-corrected chi connectivity index (χ4v) is 0.628. The number of allylic oxidation sites excluding steroid dienone is 6. The summed E-state index contributed by atoms with van der Waals surface area (Å²) in [7, 11) is 0. The molecule has 0 rings (SSSR count). The fraction of sp³-hybridized carbons (Fsp3) is 0.167. The van der Waals surface area contributed by atoms with Crippen molar-refractivity contribution in [2.24, 2.45) is 0 Å². The minimum atomic E-state index is -0.745. The molecule has 0 unspecified atom stereocenters. The van der Waals surface area contributed by atoms with Gasteiger partial charge in [-0.3, -0.25) is 0 Å². The molecular formula is C12H16CaO4. The summed E-state index contributed by atoms with van der Waals surface area (Å²) in [6.45, 7) is 3.61. The maximum atomic E-state index is 10.9. The van der Waals surface area contributed by atoms with Gasteiger partial charge in [0.1, 0.15) is 0 Å². The van der Waals surface area contributed by atoms with Crippen molar-refractivity contribution in [2.75, 3.05) is 0 Å². The van der Waals surface area contributed by atoms with Crippen molar-refractivity contribution in [3.63, 3.8) is 0 Å². The Kier molecular flexibility index (Phi) is 14.4. The zero-order chi connectivity index (χ0) is 12.2. The summed E-state index contributed by atoms with van der Waals surface area (Å²) in [5.41, 5.74) is 0. The van der Waals surface area contributed by atoms with Gasteiger partial charge in [0.15, 0.2) is 0 Å². The molecule has 0 atom stereocenters. The van der Waals surface area contributed by atoms with Gasteiger partial charge < -0.3 is 0 Å². The van der Waals surface area contributed by atoms with Crippen LogP contribution in [0.25, 0.3) is 0 Å². The van der Waals surface area contributed by atoms with E-state index in [0.29, 0.717) is 0 Å². The van der Waals surface area contributed by atoms with Crippen molar-refractivity contribution in [3.8, 4) is 0 Å². The molecule has 4 nitrogen and oxygen atoms in total. The van der Waals surface area contributed by atoms with Gasteiger partial charge in [-0.2, -0.15) is 0 Å². The van der Waals surface area contributed by atoms with Crippen molar-refractivity contribution in [3.05, 3.63) is 48.6 Å². The first-order chi connectivity index (χ1) is 7.70. The van der Waals surface area contributed by atoms with Gasteiger partial charge in [0, 0.05) is 12.2 Å². The topological polar surface area (TPSA) is 52.6 Å². The molecule has 0 aromatic heterocycles. The van der Waals surface area contributed by atoms with Crippen LogP contribution in [0.15, 0.2) is 48.6 Å². The van der Waals surface area contributed by atoms with Crippen molar-refractivity contribution < 1.29 is 19.4 Å². The van der Waals surface area contributed by atoms with Crippen LogP contribution in [0.5, 0.6) is 0 Å². The molecule has 0 fully saturated rings. The van der Waals surface area contributed by atoms with Gasteiger partial charge >= 0.3 is 49.7 Å². The van der Waals surface area contributed by atoms with Crippen LogP contribution in [0.3, 0.4) is 0 Å². The molecule has 90 valence electrons. The van der Waals surface area contributed by atoms with Gasteiger partial charge in [0.2, 0.25) is 0 Å². The predicted octanol–water partition coefficient (Wildman–Crippen LogP) is 1.34. The standard InChI is InChI=1S/C12H14O4.Ca.2H/c1-3-5-7-9-11(13)15-16-12(14)10-8-6-4-2;;;/h3-10H,1-2H3;;;/b5-3+,6-4+,9-7+,10-8+;;;. The summed E-state index contributed by atoms with van der Waals surface area (Å²) in [6, 6.07) is 0. The van der Waals surface area contributed by atoms with E-state index in [2.05, 4.69) is 9.78 Å². The molecule has 0 aliphatic rings. The Morgan fingerprint density at radius 2 is 1.12 bits per heavy atom. The van der Waals surface area contributed by atoms with Crippen LogP contribution in [-0.2, 0) is 19.4 Å². The molecule has 0 amide bonds. The van der Waals surface area contributed by atoms with E-state index in [1.165, 1.54) is 12.2 Å². The minimum absolute atomic E-state index is 0. The molecule has 0 saturated heterocycles. The van der Waals surface area contributed by atoms with Crippen molar-refractivity contribution >= 4 is 49.7 Å². The maximum absolute atomic E-state index is 10.9. The Bertz CT molecular complexity index is 306. The Balaban J connectivity index is 0. The van der Waals surface area contributed by atoms with E-state index in [4.69, 9.17) is 0 Å². The molecule has 0 bridgehead atoms. The zero-order valence-electron chi connectivity index (χ0n) is 9.25. The van der Waals surface area contributed by atoms with Gasteiger partial charge in [-0.25, -0.2) is 19.4 Å². The third-order valence-corrected chi connectivity index (χ3v) is 1.28. The third-order valence-electron chi connectivity index (χ3n) is 1.28. The van der Waals surface area contributed by atoms with Gasteiger partial charge in [-0.1, -0.05) is 36.5 Å². The van der Waals surface area contributed by atoms with Gasteiger partial charge in [0.05, 0.1) is 0 Å². The monoisotopic (exact) mass is 264 g/mol. The molecule has 0 spiro atoms. The summed E-state index contributed by atoms with van der Waals surface area (Å²) in [4.78, 5) is 30.2. The summed E-state index contributed by atoms with van der Waals surface area (Å²) < 4.78 is 0. The molecule has 0 aromatic carbocycles. The Morgan fingerprint density at radius 1 is 0.765 bits per heavy atom. The van der Waals surface area contributed by atoms with E-state index in [1.54, 1.807) is 24.3 Å². The molecule has 17 heavy (non-hydrogen) atoms. The summed E-state index contributed by atoms with van der Waals surface area (Å²) in [5.74, 6) is -1.49. The number of rotatable bonds is 4. The van der Waals surface area contributed by atoms with E-state index in [0.717, 1.165) is 12.2 Å². The quantitative estimate of drug-likeness (QED) is 0.253. The molecule has 5 heteroatoms. The number of carbonyl (C=O) groups is 2. The van der Waals surface area contributed by atoms with Crippen LogP contribution in [0.1, 0.15) is 13.8 Å². The second kappa shape index (κ2) is 13.2. The van der Waals surface area contributed by atoms with Crippen LogP contribution in [0.2, 0.25) is 0 Å². The number of hydrogen-bond acceptors (Lipinski definition) is 4. The van der Waals surface area contributed by atoms with Crippen molar-refractivity contribution in [1.82, 2.24) is 0 Å². The van der Waals surface area contributed by atoms with Crippen molar-refractivity contribution in [2.45, 2.75) is 13.8 Å². The Labute approximate surface area is 131 Å². The average molecular weight is 264 g/mol. The Hall–Kier alpha value is -0.840. The first-order valence-corrected chi connectivity index (χ1v) is 4.72. The summed E-state index contributed by atoms with van der Waals surface area (Å²) in [5, 5.41) is 0. The molecule has 0 aromatic rings. The number of hydrogen-bond donors (Lipinski definition) is 0. The molecule has 0 aliphatic carbocycles. The van der Waals surface area contributed by atoms with E-state index >= 15 is 0 Å². The molecule has 0 saturated carbocycles. The molecule has 0 heterocycles. The van der Waals surface area contributed by atoms with Crippen LogP contribution >= 0.6 is 0 Å². The molecule has 0 radical (unpaired) electrons. The van der Waals surface area contributed by atoms with Crippen LogP contribution in [-0.4, -0.2) is 49.7 Å². The van der Waals surface area contributed by atoms with Crippen LogP contribution in [0, 0.1) is 0 Å². The zero-order valence-corrected chi connectivity index (χ0v) is 9.25. The van der Waals surface area contributed by atoms with E-state index in [-0.39, 0.29) is 37.7 Å². The number of carbonyl (C=O) groups excluding carboxylic acids is 2. The van der Waals surface area contributed by atoms with Gasteiger partial charge in [-0.15, -0.1) is 0 Å². The van der Waals surface area contributed by atoms with E-state index < -0.39 is 11.9 Å². The average Bonchev–Trinajstić information content (AvgIpc) is 2.27. The Morgan fingerprint density at radius 3 is 1.41 bits per heavy atom. The molecule has 0 aliphatic heterocycles. The second-order valence-electron chi connectivity index (χ2n) is 2.57. The van der Waals surface area contributed by atoms with E-state index in [9.17, 15) is 9.59 Å². The normalized spacial score (nSPS) is 11.2. The third kappa shape index (κ3) is 13.1. The van der Waals surface area contributed by atoms with Gasteiger partial charge in [-0.05, 0) is 13.8 Å². The van der Waals surface area contributed by atoms with Gasteiger partial charge in [0.25, 0.3) is 0 Å². The first-order valence-electron chi connectivity index (χ1n) is 4.72. The van der Waals surface area contributed by atoms with Crippen LogP contribution < -0.4 is 0 Å². The second-order valence-corrected chi connectivity index (χ2v) is 2.57.